The molecule has 1 aliphatic rings. The number of carbonyl (C=O) groups is 2. The molecule has 0 unspecified atom stereocenters. The van der Waals surface area contributed by atoms with Gasteiger partial charge in [-0.2, -0.15) is 0 Å². The third-order valence-corrected chi connectivity index (χ3v) is 4.56. The predicted octanol–water partition coefficient (Wildman–Crippen LogP) is 2.72. The average Bonchev–Trinajstić information content (AvgIpc) is 2.51. The minimum atomic E-state index is -0.898. The number of carboxylic acids is 1. The maximum atomic E-state index is 12.8. The van der Waals surface area contributed by atoms with Crippen LogP contribution in [0.3, 0.4) is 0 Å². The van der Waals surface area contributed by atoms with E-state index in [1.165, 1.54) is 0 Å². The number of nitrogens with zero attached hydrogens (tertiary/aromatic N) is 1. The molecule has 2 rings (SSSR count). The Labute approximate surface area is 144 Å². The predicted molar refractivity (Wildman–Crippen MR) is 90.2 cm³/mol. The van der Waals surface area contributed by atoms with E-state index in [-0.39, 0.29) is 18.2 Å². The first-order valence-corrected chi connectivity index (χ1v) is 8.65. The van der Waals surface area contributed by atoms with Crippen LogP contribution < -0.4 is 0 Å². The lowest BCUT2D eigenvalue weighted by molar-refractivity contribution is -0.149. The van der Waals surface area contributed by atoms with E-state index in [2.05, 4.69) is 15.9 Å². The van der Waals surface area contributed by atoms with E-state index in [1.54, 1.807) is 4.90 Å². The van der Waals surface area contributed by atoms with Crippen molar-refractivity contribution >= 4 is 27.8 Å². The first-order chi connectivity index (χ1) is 11.0. The molecule has 0 bridgehead atoms. The SMILES string of the molecule is CC[C@H](Cc1cccc(Br)c1)C(=O)N1CCO[C@@H](CC(=O)O)C1. The average molecular weight is 384 g/mol. The van der Waals surface area contributed by atoms with Crippen LogP contribution in [0, 0.1) is 5.92 Å². The van der Waals surface area contributed by atoms with Gasteiger partial charge in [0, 0.05) is 23.5 Å². The Hall–Kier alpha value is -1.40. The molecule has 1 heterocycles. The molecular weight excluding hydrogens is 362 g/mol. The summed E-state index contributed by atoms with van der Waals surface area (Å²) in [6.07, 6.45) is 0.974. The molecule has 1 fully saturated rings. The minimum Gasteiger partial charge on any atom is -0.481 e. The second kappa shape index (κ2) is 8.45. The highest BCUT2D eigenvalue weighted by Gasteiger charge is 2.29. The molecule has 5 nitrogen and oxygen atoms in total. The number of amides is 1. The molecule has 0 aromatic heterocycles. The lowest BCUT2D eigenvalue weighted by atomic mass is 9.95. The van der Waals surface area contributed by atoms with E-state index in [0.29, 0.717) is 26.1 Å². The van der Waals surface area contributed by atoms with Crippen molar-refractivity contribution in [2.24, 2.45) is 5.92 Å². The zero-order valence-corrected chi connectivity index (χ0v) is 14.8. The summed E-state index contributed by atoms with van der Waals surface area (Å²) in [6, 6.07) is 7.98. The highest BCUT2D eigenvalue weighted by molar-refractivity contribution is 9.10. The minimum absolute atomic E-state index is 0.0633. The highest BCUT2D eigenvalue weighted by Crippen LogP contribution is 2.20. The number of halogens is 1. The first-order valence-electron chi connectivity index (χ1n) is 7.86. The van der Waals surface area contributed by atoms with Crippen molar-refractivity contribution in [3.8, 4) is 0 Å². The van der Waals surface area contributed by atoms with E-state index in [0.717, 1.165) is 16.5 Å². The third-order valence-electron chi connectivity index (χ3n) is 4.07. The fraction of sp³-hybridized carbons (Fsp3) is 0.529. The van der Waals surface area contributed by atoms with Gasteiger partial charge in [-0.05, 0) is 30.5 Å². The van der Waals surface area contributed by atoms with E-state index >= 15 is 0 Å². The second-order valence-electron chi connectivity index (χ2n) is 5.81. The Morgan fingerprint density at radius 3 is 2.91 bits per heavy atom. The van der Waals surface area contributed by atoms with Crippen LogP contribution >= 0.6 is 15.9 Å². The molecule has 1 aliphatic heterocycles. The molecule has 0 spiro atoms. The van der Waals surface area contributed by atoms with Crippen molar-refractivity contribution in [1.29, 1.82) is 0 Å². The van der Waals surface area contributed by atoms with Crippen molar-refractivity contribution in [1.82, 2.24) is 4.90 Å². The van der Waals surface area contributed by atoms with Crippen molar-refractivity contribution in [3.63, 3.8) is 0 Å². The largest absolute Gasteiger partial charge is 0.481 e. The summed E-state index contributed by atoms with van der Waals surface area (Å²) in [5.41, 5.74) is 1.12. The molecule has 23 heavy (non-hydrogen) atoms. The Kier molecular flexibility index (Phi) is 6.59. The normalized spacial score (nSPS) is 19.4. The topological polar surface area (TPSA) is 66.8 Å². The molecule has 1 N–H and O–H groups in total. The zero-order chi connectivity index (χ0) is 16.8. The number of hydrogen-bond acceptors (Lipinski definition) is 3. The Morgan fingerprint density at radius 2 is 2.26 bits per heavy atom. The lowest BCUT2D eigenvalue weighted by Crippen LogP contribution is -2.48. The van der Waals surface area contributed by atoms with Crippen LogP contribution in [-0.2, 0) is 20.7 Å². The van der Waals surface area contributed by atoms with Gasteiger partial charge in [-0.15, -0.1) is 0 Å². The van der Waals surface area contributed by atoms with Gasteiger partial charge in [0.2, 0.25) is 5.91 Å². The van der Waals surface area contributed by atoms with Crippen LogP contribution in [0.5, 0.6) is 0 Å². The summed E-state index contributed by atoms with van der Waals surface area (Å²) >= 11 is 3.45. The molecule has 1 aromatic rings. The van der Waals surface area contributed by atoms with Crippen LogP contribution in [0.25, 0.3) is 0 Å². The Morgan fingerprint density at radius 1 is 1.48 bits per heavy atom. The maximum Gasteiger partial charge on any atom is 0.306 e. The summed E-state index contributed by atoms with van der Waals surface area (Å²) in [7, 11) is 0. The summed E-state index contributed by atoms with van der Waals surface area (Å²) in [6.45, 7) is 3.30. The maximum absolute atomic E-state index is 12.8. The third kappa shape index (κ3) is 5.32. The number of morpholine rings is 1. The number of rotatable bonds is 6. The number of carbonyl (C=O) groups excluding carboxylic acids is 1. The monoisotopic (exact) mass is 383 g/mol. The fourth-order valence-corrected chi connectivity index (χ4v) is 3.30. The van der Waals surface area contributed by atoms with E-state index < -0.39 is 12.1 Å². The van der Waals surface area contributed by atoms with Gasteiger partial charge in [-0.3, -0.25) is 9.59 Å². The van der Waals surface area contributed by atoms with Gasteiger partial charge in [0.15, 0.2) is 0 Å². The van der Waals surface area contributed by atoms with E-state index in [1.807, 2.05) is 31.2 Å². The number of carboxylic acid groups (broad SMARTS) is 1. The molecule has 126 valence electrons. The molecule has 1 saturated heterocycles. The molecular formula is C17H22BrNO4. The summed E-state index contributed by atoms with van der Waals surface area (Å²) < 4.78 is 6.44. The van der Waals surface area contributed by atoms with Crippen LogP contribution in [0.4, 0.5) is 0 Å². The van der Waals surface area contributed by atoms with E-state index in [4.69, 9.17) is 9.84 Å². The smallest absolute Gasteiger partial charge is 0.306 e. The molecule has 1 aromatic carbocycles. The highest BCUT2D eigenvalue weighted by atomic mass is 79.9. The summed E-state index contributed by atoms with van der Waals surface area (Å²) in [5, 5.41) is 8.88. The summed E-state index contributed by atoms with van der Waals surface area (Å²) in [4.78, 5) is 25.3. The first kappa shape index (κ1) is 17.9. The van der Waals surface area contributed by atoms with Gasteiger partial charge in [-0.25, -0.2) is 0 Å². The molecule has 0 aliphatic carbocycles. The number of hydrogen-bond donors (Lipinski definition) is 1. The molecule has 0 saturated carbocycles. The number of benzene rings is 1. The van der Waals surface area contributed by atoms with Gasteiger partial charge in [0.1, 0.15) is 0 Å². The van der Waals surface area contributed by atoms with Gasteiger partial charge in [0.05, 0.1) is 19.1 Å². The molecule has 0 radical (unpaired) electrons. The molecule has 6 heteroatoms. The van der Waals surface area contributed by atoms with Crippen molar-refractivity contribution in [3.05, 3.63) is 34.3 Å². The number of aliphatic carboxylic acids is 1. The van der Waals surface area contributed by atoms with Gasteiger partial charge in [-0.1, -0.05) is 35.0 Å². The van der Waals surface area contributed by atoms with Crippen molar-refractivity contribution < 1.29 is 19.4 Å². The quantitative estimate of drug-likeness (QED) is 0.819. The van der Waals surface area contributed by atoms with E-state index in [9.17, 15) is 9.59 Å². The Bertz CT molecular complexity index is 563. The van der Waals surface area contributed by atoms with Gasteiger partial charge < -0.3 is 14.7 Å². The fourth-order valence-electron chi connectivity index (χ4n) is 2.85. The van der Waals surface area contributed by atoms with Gasteiger partial charge >= 0.3 is 5.97 Å². The van der Waals surface area contributed by atoms with Gasteiger partial charge in [0.25, 0.3) is 0 Å². The van der Waals surface area contributed by atoms with Crippen molar-refractivity contribution in [2.75, 3.05) is 19.7 Å². The standard InChI is InChI=1S/C17H22BrNO4/c1-2-13(8-12-4-3-5-14(18)9-12)17(22)19-6-7-23-15(11-19)10-16(20)21/h3-5,9,13,15H,2,6-8,10-11H2,1H3,(H,20,21)/t13-,15+/m1/s1. The zero-order valence-electron chi connectivity index (χ0n) is 13.2. The Balaban J connectivity index is 1.99. The molecule has 1 amide bonds. The number of ether oxygens (including phenoxy) is 1. The van der Waals surface area contributed by atoms with Crippen LogP contribution in [0.2, 0.25) is 0 Å². The van der Waals surface area contributed by atoms with Crippen molar-refractivity contribution in [2.45, 2.75) is 32.3 Å². The van der Waals surface area contributed by atoms with Crippen LogP contribution in [-0.4, -0.2) is 47.7 Å². The lowest BCUT2D eigenvalue weighted by Gasteiger charge is -2.34. The summed E-state index contributed by atoms with van der Waals surface area (Å²) in [5.74, 6) is -0.899. The molecule has 2 atom stereocenters. The second-order valence-corrected chi connectivity index (χ2v) is 6.73. The van der Waals surface area contributed by atoms with Crippen LogP contribution in [0.15, 0.2) is 28.7 Å². The van der Waals surface area contributed by atoms with Crippen LogP contribution in [0.1, 0.15) is 25.3 Å².